The van der Waals surface area contributed by atoms with E-state index < -0.39 is 31.8 Å². The molecule has 1 amide bonds. The van der Waals surface area contributed by atoms with Crippen LogP contribution in [0, 0.1) is 0 Å². The fourth-order valence-electron chi connectivity index (χ4n) is 3.04. The second-order valence-electron chi connectivity index (χ2n) is 6.40. The zero-order valence-electron chi connectivity index (χ0n) is 14.9. The van der Waals surface area contributed by atoms with Gasteiger partial charge in [0.1, 0.15) is 13.2 Å². The van der Waals surface area contributed by atoms with E-state index in [1.54, 1.807) is 6.92 Å². The van der Waals surface area contributed by atoms with E-state index in [1.165, 1.54) is 18.2 Å². The first-order chi connectivity index (χ1) is 12.7. The summed E-state index contributed by atoms with van der Waals surface area (Å²) in [6.45, 7) is 2.07. The van der Waals surface area contributed by atoms with Crippen molar-refractivity contribution in [2.24, 2.45) is 0 Å². The summed E-state index contributed by atoms with van der Waals surface area (Å²) in [5.74, 6) is 0.215. The van der Waals surface area contributed by atoms with Gasteiger partial charge < -0.3 is 14.8 Å². The molecular weight excluding hydrogens is 396 g/mol. The van der Waals surface area contributed by atoms with E-state index in [9.17, 15) is 21.6 Å². The maximum absolute atomic E-state index is 12.9. The zero-order chi connectivity index (χ0) is 19.7. The number of nitrogens with one attached hydrogen (secondary N) is 1. The van der Waals surface area contributed by atoms with Gasteiger partial charge in [-0.2, -0.15) is 4.31 Å². The number of ether oxygens (including phenoxy) is 2. The Balaban J connectivity index is 1.71. The number of fused-ring (bicyclic) bond motifs is 1. The Morgan fingerprint density at radius 1 is 1.26 bits per heavy atom. The third kappa shape index (κ3) is 4.53. The molecule has 0 saturated carbocycles. The topological polar surface area (TPSA) is 119 Å². The first kappa shape index (κ1) is 19.9. The van der Waals surface area contributed by atoms with E-state index >= 15 is 0 Å². The third-order valence-corrected chi connectivity index (χ3v) is 8.11. The summed E-state index contributed by atoms with van der Waals surface area (Å²) in [7, 11) is -7.05. The number of rotatable bonds is 6. The largest absolute Gasteiger partial charge is 0.486 e. The normalized spacial score (nSPS) is 21.2. The van der Waals surface area contributed by atoms with Crippen molar-refractivity contribution in [3.05, 3.63) is 18.2 Å². The van der Waals surface area contributed by atoms with E-state index in [2.05, 4.69) is 5.32 Å². The average molecular weight is 418 g/mol. The molecule has 1 saturated heterocycles. The van der Waals surface area contributed by atoms with Crippen molar-refractivity contribution in [2.75, 3.05) is 37.8 Å². The summed E-state index contributed by atoms with van der Waals surface area (Å²) < 4.78 is 60.6. The van der Waals surface area contributed by atoms with Crippen molar-refractivity contribution in [3.8, 4) is 11.5 Å². The van der Waals surface area contributed by atoms with Crippen molar-refractivity contribution < 1.29 is 31.1 Å². The molecule has 1 atom stereocenters. The molecule has 0 aromatic heterocycles. The Morgan fingerprint density at radius 3 is 2.59 bits per heavy atom. The Labute approximate surface area is 158 Å². The molecule has 1 fully saturated rings. The predicted molar refractivity (Wildman–Crippen MR) is 97.1 cm³/mol. The van der Waals surface area contributed by atoms with Crippen LogP contribution in [0.1, 0.15) is 13.3 Å². The number of sulfone groups is 1. The lowest BCUT2D eigenvalue weighted by Gasteiger charge is -2.23. The van der Waals surface area contributed by atoms with E-state index in [4.69, 9.17) is 9.47 Å². The van der Waals surface area contributed by atoms with Crippen LogP contribution in [0.3, 0.4) is 0 Å². The molecule has 0 spiro atoms. The summed E-state index contributed by atoms with van der Waals surface area (Å²) in [5, 5.41) is 2.60. The Morgan fingerprint density at radius 2 is 1.96 bits per heavy atom. The van der Waals surface area contributed by atoms with Crippen LogP contribution in [-0.2, 0) is 24.7 Å². The van der Waals surface area contributed by atoms with Crippen LogP contribution >= 0.6 is 0 Å². The second kappa shape index (κ2) is 7.64. The van der Waals surface area contributed by atoms with Gasteiger partial charge in [0.15, 0.2) is 21.3 Å². The molecule has 27 heavy (non-hydrogen) atoms. The Kier molecular flexibility index (Phi) is 5.63. The monoisotopic (exact) mass is 418 g/mol. The van der Waals surface area contributed by atoms with E-state index in [1.807, 2.05) is 0 Å². The maximum Gasteiger partial charge on any atom is 0.243 e. The van der Waals surface area contributed by atoms with Crippen molar-refractivity contribution >= 4 is 25.8 Å². The molecule has 150 valence electrons. The molecule has 2 aliphatic heterocycles. The van der Waals surface area contributed by atoms with Gasteiger partial charge in [-0.25, -0.2) is 16.8 Å². The summed E-state index contributed by atoms with van der Waals surface area (Å²) in [6, 6.07) is 3.85. The standard InChI is InChI=1S/C16H22N2O7S2/c1-2-18(10-16(19)17-12-5-8-26(20,21)11-12)27(22,23)13-3-4-14-15(9-13)25-7-6-24-14/h3-4,9,12H,2,5-8,10-11H2,1H3,(H,17,19)/t12-/m0/s1. The molecule has 9 nitrogen and oxygen atoms in total. The SMILES string of the molecule is CCN(CC(=O)N[C@H]1CCS(=O)(=O)C1)S(=O)(=O)c1ccc2c(c1)OCCO2. The van der Waals surface area contributed by atoms with Crippen LogP contribution in [0.15, 0.2) is 23.1 Å². The fraction of sp³-hybridized carbons (Fsp3) is 0.562. The van der Waals surface area contributed by atoms with Crippen molar-refractivity contribution in [2.45, 2.75) is 24.3 Å². The van der Waals surface area contributed by atoms with Gasteiger partial charge >= 0.3 is 0 Å². The van der Waals surface area contributed by atoms with Crippen LogP contribution < -0.4 is 14.8 Å². The number of benzene rings is 1. The van der Waals surface area contributed by atoms with Gasteiger partial charge in [-0.05, 0) is 18.6 Å². The first-order valence-electron chi connectivity index (χ1n) is 8.61. The number of amides is 1. The number of sulfonamides is 1. The molecule has 0 unspecified atom stereocenters. The molecule has 11 heteroatoms. The minimum absolute atomic E-state index is 0.00449. The summed E-state index contributed by atoms with van der Waals surface area (Å²) >= 11 is 0. The Hall–Kier alpha value is -1.85. The van der Waals surface area contributed by atoms with Crippen LogP contribution in [0.4, 0.5) is 0 Å². The van der Waals surface area contributed by atoms with Gasteiger partial charge in [-0.1, -0.05) is 6.92 Å². The molecule has 2 aliphatic rings. The predicted octanol–water partition coefficient (Wildman–Crippen LogP) is -0.228. The van der Waals surface area contributed by atoms with Gasteiger partial charge in [-0.3, -0.25) is 4.79 Å². The number of carbonyl (C=O) groups excluding carboxylic acids is 1. The van der Waals surface area contributed by atoms with Gasteiger partial charge in [0.05, 0.1) is 22.9 Å². The minimum Gasteiger partial charge on any atom is -0.486 e. The number of carbonyl (C=O) groups is 1. The highest BCUT2D eigenvalue weighted by molar-refractivity contribution is 7.91. The zero-order valence-corrected chi connectivity index (χ0v) is 16.5. The molecular formula is C16H22N2O7S2. The number of hydrogen-bond donors (Lipinski definition) is 1. The molecule has 0 bridgehead atoms. The van der Waals surface area contributed by atoms with Crippen molar-refractivity contribution in [3.63, 3.8) is 0 Å². The molecule has 1 aromatic carbocycles. The van der Waals surface area contributed by atoms with Gasteiger partial charge in [-0.15, -0.1) is 0 Å². The molecule has 0 aliphatic carbocycles. The van der Waals surface area contributed by atoms with Gasteiger partial charge in [0.2, 0.25) is 15.9 Å². The molecule has 2 heterocycles. The van der Waals surface area contributed by atoms with E-state index in [0.717, 1.165) is 4.31 Å². The summed E-state index contributed by atoms with van der Waals surface area (Å²) in [6.07, 6.45) is 0.342. The molecule has 1 aromatic rings. The second-order valence-corrected chi connectivity index (χ2v) is 10.6. The van der Waals surface area contributed by atoms with Crippen LogP contribution in [-0.4, -0.2) is 70.9 Å². The highest BCUT2D eigenvalue weighted by atomic mass is 32.2. The van der Waals surface area contributed by atoms with Crippen LogP contribution in [0.2, 0.25) is 0 Å². The van der Waals surface area contributed by atoms with Crippen LogP contribution in [0.25, 0.3) is 0 Å². The van der Waals surface area contributed by atoms with Crippen molar-refractivity contribution in [1.82, 2.24) is 9.62 Å². The van der Waals surface area contributed by atoms with E-state index in [0.29, 0.717) is 31.1 Å². The minimum atomic E-state index is -3.92. The smallest absolute Gasteiger partial charge is 0.243 e. The summed E-state index contributed by atoms with van der Waals surface area (Å²) in [4.78, 5) is 12.2. The maximum atomic E-state index is 12.9. The molecule has 1 N–H and O–H groups in total. The van der Waals surface area contributed by atoms with Crippen molar-refractivity contribution in [1.29, 1.82) is 0 Å². The number of likely N-dealkylation sites (N-methyl/N-ethyl adjacent to an activating group) is 1. The van der Waals surface area contributed by atoms with Gasteiger partial charge in [0.25, 0.3) is 0 Å². The quantitative estimate of drug-likeness (QED) is 0.678. The first-order valence-corrected chi connectivity index (χ1v) is 11.9. The lowest BCUT2D eigenvalue weighted by Crippen LogP contribution is -2.44. The lowest BCUT2D eigenvalue weighted by molar-refractivity contribution is -0.121. The lowest BCUT2D eigenvalue weighted by atomic mass is 10.2. The average Bonchev–Trinajstić information content (AvgIpc) is 2.97. The van der Waals surface area contributed by atoms with Gasteiger partial charge in [0, 0.05) is 18.7 Å². The molecule has 3 rings (SSSR count). The molecule has 0 radical (unpaired) electrons. The summed E-state index contributed by atoms with van der Waals surface area (Å²) in [5.41, 5.74) is 0. The number of hydrogen-bond acceptors (Lipinski definition) is 7. The highest BCUT2D eigenvalue weighted by Gasteiger charge is 2.31. The third-order valence-electron chi connectivity index (χ3n) is 4.42. The number of nitrogens with zero attached hydrogens (tertiary/aromatic N) is 1. The Bertz CT molecular complexity index is 928. The van der Waals surface area contributed by atoms with E-state index in [-0.39, 0.29) is 29.5 Å². The highest BCUT2D eigenvalue weighted by Crippen LogP contribution is 2.33. The van der Waals surface area contributed by atoms with Crippen LogP contribution in [0.5, 0.6) is 11.5 Å². The fourth-order valence-corrected chi connectivity index (χ4v) is 6.14.